The van der Waals surface area contributed by atoms with Crippen molar-refractivity contribution in [1.82, 2.24) is 24.6 Å². The predicted molar refractivity (Wildman–Crippen MR) is 97.5 cm³/mol. The second-order valence-electron chi connectivity index (χ2n) is 5.76. The number of aromatic nitrogens is 4. The number of ether oxygens (including phenoxy) is 1. The van der Waals surface area contributed by atoms with Gasteiger partial charge in [-0.25, -0.2) is 9.67 Å². The molecule has 0 spiro atoms. The molecule has 1 N–H and O–H groups in total. The van der Waals surface area contributed by atoms with Gasteiger partial charge in [0.25, 0.3) is 11.5 Å². The molecule has 0 radical (unpaired) electrons. The number of benzene rings is 1. The second-order valence-corrected chi connectivity index (χ2v) is 5.76. The van der Waals surface area contributed by atoms with Gasteiger partial charge in [0.15, 0.2) is 11.2 Å². The Morgan fingerprint density at radius 1 is 1.27 bits per heavy atom. The van der Waals surface area contributed by atoms with Crippen molar-refractivity contribution < 1.29 is 9.53 Å². The minimum absolute atomic E-state index is 0.137. The van der Waals surface area contributed by atoms with E-state index in [4.69, 9.17) is 4.74 Å². The van der Waals surface area contributed by atoms with Gasteiger partial charge in [-0.05, 0) is 25.5 Å². The van der Waals surface area contributed by atoms with Crippen molar-refractivity contribution in [3.63, 3.8) is 0 Å². The van der Waals surface area contributed by atoms with Crippen LogP contribution in [0.1, 0.15) is 23.8 Å². The Morgan fingerprint density at radius 2 is 2.04 bits per heavy atom. The molecule has 0 aliphatic carbocycles. The summed E-state index contributed by atoms with van der Waals surface area (Å²) >= 11 is 0. The molecule has 0 aliphatic heterocycles. The number of fused-ring (bicyclic) bond motifs is 1. The van der Waals surface area contributed by atoms with Gasteiger partial charge in [0.05, 0.1) is 12.0 Å². The Labute approximate surface area is 150 Å². The van der Waals surface area contributed by atoms with E-state index in [1.807, 2.05) is 37.3 Å². The lowest BCUT2D eigenvalue weighted by Gasteiger charge is -2.03. The fraction of sp³-hybridized carbons (Fsp3) is 0.333. The molecule has 0 unspecified atom stereocenters. The summed E-state index contributed by atoms with van der Waals surface area (Å²) < 4.78 is 8.09. The Kier molecular flexibility index (Phi) is 5.43. The van der Waals surface area contributed by atoms with Gasteiger partial charge in [-0.15, -0.1) is 0 Å². The lowest BCUT2D eigenvalue weighted by molar-refractivity contribution is 0.0940. The largest absolute Gasteiger partial charge is 0.382 e. The summed E-state index contributed by atoms with van der Waals surface area (Å²) in [7, 11) is 1.62. The maximum absolute atomic E-state index is 12.6. The first kappa shape index (κ1) is 17.8. The van der Waals surface area contributed by atoms with Gasteiger partial charge in [0, 0.05) is 26.8 Å². The molecule has 1 aromatic carbocycles. The average Bonchev–Trinajstić information content (AvgIpc) is 3.05. The second kappa shape index (κ2) is 7.92. The molecule has 1 amide bonds. The molecule has 8 heteroatoms. The number of nitrogens with zero attached hydrogens (tertiary/aromatic N) is 4. The van der Waals surface area contributed by atoms with Crippen molar-refractivity contribution in [3.8, 4) is 5.69 Å². The summed E-state index contributed by atoms with van der Waals surface area (Å²) in [4.78, 5) is 29.4. The SMILES string of the molecule is CCOCCCNC(=O)c1nn(-c2ccccc2)c2c(=O)n(C)cnc12. The van der Waals surface area contributed by atoms with Crippen LogP contribution < -0.4 is 10.9 Å². The zero-order chi connectivity index (χ0) is 18.5. The Bertz CT molecular complexity index is 962. The van der Waals surface area contributed by atoms with Crippen LogP contribution in [0.4, 0.5) is 0 Å². The van der Waals surface area contributed by atoms with Crippen LogP contribution in [0.25, 0.3) is 16.7 Å². The monoisotopic (exact) mass is 355 g/mol. The lowest BCUT2D eigenvalue weighted by atomic mass is 10.3. The number of amides is 1. The maximum Gasteiger partial charge on any atom is 0.279 e. The smallest absolute Gasteiger partial charge is 0.279 e. The third kappa shape index (κ3) is 3.50. The van der Waals surface area contributed by atoms with Crippen molar-refractivity contribution in [3.05, 3.63) is 52.7 Å². The summed E-state index contributed by atoms with van der Waals surface area (Å²) in [5.74, 6) is -0.359. The molecular weight excluding hydrogens is 334 g/mol. The predicted octanol–water partition coefficient (Wildman–Crippen LogP) is 1.28. The highest BCUT2D eigenvalue weighted by Gasteiger charge is 2.21. The first-order chi connectivity index (χ1) is 12.6. The third-order valence-electron chi connectivity index (χ3n) is 3.91. The van der Waals surface area contributed by atoms with E-state index < -0.39 is 0 Å². The van der Waals surface area contributed by atoms with Crippen LogP contribution in [-0.4, -0.2) is 45.0 Å². The van der Waals surface area contributed by atoms with E-state index >= 15 is 0 Å². The molecule has 0 atom stereocenters. The molecule has 136 valence electrons. The van der Waals surface area contributed by atoms with Crippen LogP contribution in [-0.2, 0) is 11.8 Å². The number of carbonyl (C=O) groups is 1. The van der Waals surface area contributed by atoms with Crippen LogP contribution in [0.3, 0.4) is 0 Å². The van der Waals surface area contributed by atoms with Crippen molar-refractivity contribution in [2.45, 2.75) is 13.3 Å². The van der Waals surface area contributed by atoms with Crippen molar-refractivity contribution in [2.75, 3.05) is 19.8 Å². The minimum atomic E-state index is -0.359. The van der Waals surface area contributed by atoms with E-state index in [9.17, 15) is 9.59 Å². The molecule has 0 fully saturated rings. The van der Waals surface area contributed by atoms with Crippen molar-refractivity contribution >= 4 is 16.9 Å². The van der Waals surface area contributed by atoms with Crippen molar-refractivity contribution in [1.29, 1.82) is 0 Å². The molecule has 0 aliphatic rings. The first-order valence-electron chi connectivity index (χ1n) is 8.49. The molecule has 0 saturated carbocycles. The number of aryl methyl sites for hydroxylation is 1. The zero-order valence-corrected chi connectivity index (χ0v) is 14.8. The molecule has 8 nitrogen and oxygen atoms in total. The summed E-state index contributed by atoms with van der Waals surface area (Å²) in [6, 6.07) is 9.21. The summed E-state index contributed by atoms with van der Waals surface area (Å²) in [5.41, 5.74) is 1.14. The Balaban J connectivity index is 1.98. The first-order valence-corrected chi connectivity index (χ1v) is 8.49. The van der Waals surface area contributed by atoms with Gasteiger partial charge in [0.1, 0.15) is 5.52 Å². The van der Waals surface area contributed by atoms with Gasteiger partial charge in [-0.3, -0.25) is 9.59 Å². The molecule has 26 heavy (non-hydrogen) atoms. The molecule has 2 aromatic heterocycles. The van der Waals surface area contributed by atoms with Gasteiger partial charge >= 0.3 is 0 Å². The summed E-state index contributed by atoms with van der Waals surface area (Å²) in [6.45, 7) is 3.61. The van der Waals surface area contributed by atoms with Crippen LogP contribution in [0.15, 0.2) is 41.5 Å². The standard InChI is InChI=1S/C18H21N5O3/c1-3-26-11-7-10-19-17(24)15-14-16(18(25)22(2)12-20-14)23(21-15)13-8-5-4-6-9-13/h4-6,8-9,12H,3,7,10-11H2,1-2H3,(H,19,24). The topological polar surface area (TPSA) is 91.0 Å². The fourth-order valence-electron chi connectivity index (χ4n) is 2.60. The third-order valence-corrected chi connectivity index (χ3v) is 3.91. The fourth-order valence-corrected chi connectivity index (χ4v) is 2.60. The van der Waals surface area contributed by atoms with E-state index in [-0.39, 0.29) is 22.7 Å². The van der Waals surface area contributed by atoms with E-state index in [0.717, 1.165) is 0 Å². The number of rotatable bonds is 7. The highest BCUT2D eigenvalue weighted by Crippen LogP contribution is 2.17. The van der Waals surface area contributed by atoms with E-state index in [0.29, 0.717) is 37.4 Å². The molecule has 0 bridgehead atoms. The maximum atomic E-state index is 12.6. The minimum Gasteiger partial charge on any atom is -0.382 e. The van der Waals surface area contributed by atoms with Gasteiger partial charge in [-0.2, -0.15) is 5.10 Å². The van der Waals surface area contributed by atoms with Crippen LogP contribution in [0.5, 0.6) is 0 Å². The number of hydrogen-bond acceptors (Lipinski definition) is 5. The quantitative estimate of drug-likeness (QED) is 0.645. The van der Waals surface area contributed by atoms with Gasteiger partial charge in [0.2, 0.25) is 0 Å². The van der Waals surface area contributed by atoms with Crippen LogP contribution in [0, 0.1) is 0 Å². The summed E-state index contributed by atoms with van der Waals surface area (Å²) in [6.07, 6.45) is 2.10. The number of para-hydroxylation sites is 1. The molecular formula is C18H21N5O3. The van der Waals surface area contributed by atoms with Gasteiger partial charge < -0.3 is 14.6 Å². The number of carbonyl (C=O) groups excluding carboxylic acids is 1. The van der Waals surface area contributed by atoms with E-state index in [1.54, 1.807) is 7.05 Å². The lowest BCUT2D eigenvalue weighted by Crippen LogP contribution is -2.26. The summed E-state index contributed by atoms with van der Waals surface area (Å²) in [5, 5.41) is 7.18. The Morgan fingerprint density at radius 3 is 2.77 bits per heavy atom. The van der Waals surface area contributed by atoms with Crippen molar-refractivity contribution in [2.24, 2.45) is 7.05 Å². The van der Waals surface area contributed by atoms with Crippen LogP contribution >= 0.6 is 0 Å². The highest BCUT2D eigenvalue weighted by atomic mass is 16.5. The molecule has 2 heterocycles. The number of nitrogens with one attached hydrogen (secondary N) is 1. The normalized spacial score (nSPS) is 11.0. The van der Waals surface area contributed by atoms with Crippen LogP contribution in [0.2, 0.25) is 0 Å². The number of hydrogen-bond donors (Lipinski definition) is 1. The molecule has 3 rings (SSSR count). The highest BCUT2D eigenvalue weighted by molar-refractivity contribution is 6.03. The average molecular weight is 355 g/mol. The van der Waals surface area contributed by atoms with E-state index in [1.165, 1.54) is 15.6 Å². The zero-order valence-electron chi connectivity index (χ0n) is 14.8. The Hall–Kier alpha value is -3.00. The van der Waals surface area contributed by atoms with E-state index in [2.05, 4.69) is 15.4 Å². The molecule has 3 aromatic rings. The van der Waals surface area contributed by atoms with Gasteiger partial charge in [-0.1, -0.05) is 18.2 Å². The molecule has 0 saturated heterocycles.